The highest BCUT2D eigenvalue weighted by atomic mass is 127. The fraction of sp³-hybridized carbons (Fsp3) is 0.500. The number of carbonyl (C=O) groups excluding carboxylic acids is 1. The fourth-order valence-electron chi connectivity index (χ4n) is 1.02. The van der Waals surface area contributed by atoms with Gasteiger partial charge in [0.05, 0.1) is 11.2 Å². The third-order valence-electron chi connectivity index (χ3n) is 1.61. The highest BCUT2D eigenvalue weighted by Crippen LogP contribution is 2.22. The van der Waals surface area contributed by atoms with Crippen molar-refractivity contribution in [1.29, 1.82) is 0 Å². The van der Waals surface area contributed by atoms with E-state index < -0.39 is 18.1 Å². The van der Waals surface area contributed by atoms with Crippen molar-refractivity contribution in [3.8, 4) is 0 Å². The first-order chi connectivity index (χ1) is 7.10. The minimum atomic E-state index is -2.77. The molecule has 15 heavy (non-hydrogen) atoms. The second kappa shape index (κ2) is 5.38. The van der Waals surface area contributed by atoms with E-state index in [0.717, 1.165) is 0 Å². The van der Waals surface area contributed by atoms with Gasteiger partial charge in [-0.2, -0.15) is 5.10 Å². The Morgan fingerprint density at radius 1 is 1.73 bits per heavy atom. The van der Waals surface area contributed by atoms with E-state index in [0.29, 0.717) is 4.55 Å². The molecule has 0 N–H and O–H groups in total. The number of aromatic nitrogens is 2. The summed E-state index contributed by atoms with van der Waals surface area (Å²) < 4.78 is 31.3. The second-order valence-corrected chi connectivity index (χ2v) is 3.29. The van der Waals surface area contributed by atoms with Crippen molar-refractivity contribution in [2.45, 2.75) is 17.9 Å². The molecule has 0 unspecified atom stereocenters. The van der Waals surface area contributed by atoms with Crippen molar-refractivity contribution in [1.82, 2.24) is 9.78 Å². The number of nitrogens with zero attached hydrogens (tertiary/aromatic N) is 2. The number of carbonyl (C=O) groups is 1. The molecule has 0 aromatic carbocycles. The summed E-state index contributed by atoms with van der Waals surface area (Å²) in [6.45, 7) is 1.76. The Bertz CT molecular complexity index is 354. The number of rotatable bonds is 4. The summed E-state index contributed by atoms with van der Waals surface area (Å²) in [4.78, 5) is 11.3. The van der Waals surface area contributed by atoms with E-state index in [1.54, 1.807) is 6.92 Å². The van der Waals surface area contributed by atoms with Gasteiger partial charge in [0.25, 0.3) is 6.43 Å². The van der Waals surface area contributed by atoms with Crippen molar-refractivity contribution in [2.24, 2.45) is 0 Å². The van der Waals surface area contributed by atoms with Crippen LogP contribution in [0.4, 0.5) is 8.78 Å². The zero-order valence-corrected chi connectivity index (χ0v) is 10.1. The van der Waals surface area contributed by atoms with Crippen LogP contribution in [0.3, 0.4) is 0 Å². The molecular formula is C8H9F2IN2O2. The van der Waals surface area contributed by atoms with Crippen molar-refractivity contribution in [2.75, 3.05) is 6.61 Å². The molecule has 0 atom stereocenters. The zero-order valence-electron chi connectivity index (χ0n) is 7.91. The number of ether oxygens (including phenoxy) is 1. The summed E-state index contributed by atoms with van der Waals surface area (Å²) in [6.07, 6.45) is -1.50. The van der Waals surface area contributed by atoms with Crippen LogP contribution in [0.1, 0.15) is 29.4 Å². The van der Waals surface area contributed by atoms with E-state index in [9.17, 15) is 13.6 Å². The smallest absolute Gasteiger partial charge is 0.341 e. The van der Waals surface area contributed by atoms with E-state index in [2.05, 4.69) is 9.84 Å². The molecule has 0 aliphatic rings. The molecule has 0 spiro atoms. The Morgan fingerprint density at radius 3 is 2.87 bits per heavy atom. The van der Waals surface area contributed by atoms with Crippen LogP contribution in [-0.4, -0.2) is 22.4 Å². The van der Waals surface area contributed by atoms with E-state index in [1.165, 1.54) is 10.9 Å². The van der Waals surface area contributed by atoms with Gasteiger partial charge in [0.15, 0.2) is 0 Å². The predicted octanol–water partition coefficient (Wildman–Crippen LogP) is 2.39. The molecule has 0 saturated carbocycles. The average molecular weight is 330 g/mol. The Balaban J connectivity index is 3.03. The van der Waals surface area contributed by atoms with Crippen LogP contribution in [0.2, 0.25) is 0 Å². The summed E-state index contributed by atoms with van der Waals surface area (Å²) >= 11 is 1.95. The molecule has 0 aliphatic heterocycles. The van der Waals surface area contributed by atoms with Crippen LogP contribution in [0.5, 0.6) is 0 Å². The average Bonchev–Trinajstić information content (AvgIpc) is 2.61. The number of alkyl halides is 3. The summed E-state index contributed by atoms with van der Waals surface area (Å²) in [5.74, 6) is -0.760. The zero-order chi connectivity index (χ0) is 11.4. The summed E-state index contributed by atoms with van der Waals surface area (Å²) in [6, 6.07) is 0. The molecule has 1 aromatic heterocycles. The monoisotopic (exact) mass is 330 g/mol. The van der Waals surface area contributed by atoms with Crippen LogP contribution in [0.15, 0.2) is 6.20 Å². The maximum atomic E-state index is 12.5. The molecule has 1 heterocycles. The second-order valence-electron chi connectivity index (χ2n) is 2.61. The molecule has 7 heteroatoms. The van der Waals surface area contributed by atoms with Crippen LogP contribution in [-0.2, 0) is 9.29 Å². The number of esters is 1. The minimum absolute atomic E-state index is 0.150. The standard InChI is InChI=1S/C8H9F2IN2O2/c1-2-15-8(14)5-3-13(4-11)12-6(5)7(9)10/h3,7H,2,4H2,1H3. The van der Waals surface area contributed by atoms with Crippen molar-refractivity contribution >= 4 is 28.6 Å². The van der Waals surface area contributed by atoms with Gasteiger partial charge in [-0.3, -0.25) is 4.68 Å². The van der Waals surface area contributed by atoms with Gasteiger partial charge in [-0.05, 0) is 6.92 Å². The maximum Gasteiger partial charge on any atom is 0.341 e. The lowest BCUT2D eigenvalue weighted by Gasteiger charge is -2.00. The molecular weight excluding hydrogens is 321 g/mol. The van der Waals surface area contributed by atoms with Gasteiger partial charge < -0.3 is 4.74 Å². The Morgan fingerprint density at radius 2 is 2.40 bits per heavy atom. The highest BCUT2D eigenvalue weighted by Gasteiger charge is 2.23. The van der Waals surface area contributed by atoms with E-state index >= 15 is 0 Å². The van der Waals surface area contributed by atoms with E-state index in [-0.39, 0.29) is 12.2 Å². The van der Waals surface area contributed by atoms with Gasteiger partial charge in [0.1, 0.15) is 11.3 Å². The largest absolute Gasteiger partial charge is 0.462 e. The first-order valence-electron chi connectivity index (χ1n) is 4.18. The SMILES string of the molecule is CCOC(=O)c1cn(CI)nc1C(F)F. The Labute approximate surface area is 98.7 Å². The molecule has 0 saturated heterocycles. The Hall–Kier alpha value is -0.730. The van der Waals surface area contributed by atoms with Crippen LogP contribution < -0.4 is 0 Å². The van der Waals surface area contributed by atoms with Crippen LogP contribution in [0.25, 0.3) is 0 Å². The summed E-state index contributed by atoms with van der Waals surface area (Å²) in [7, 11) is 0. The molecule has 0 amide bonds. The number of halogens is 3. The van der Waals surface area contributed by atoms with Gasteiger partial charge in [-0.1, -0.05) is 22.6 Å². The molecule has 1 aromatic rings. The molecule has 0 radical (unpaired) electrons. The van der Waals surface area contributed by atoms with Crippen molar-refractivity contribution in [3.63, 3.8) is 0 Å². The molecule has 84 valence electrons. The summed E-state index contributed by atoms with van der Waals surface area (Å²) in [5, 5.41) is 3.59. The first-order valence-corrected chi connectivity index (χ1v) is 5.71. The lowest BCUT2D eigenvalue weighted by molar-refractivity contribution is 0.0515. The topological polar surface area (TPSA) is 44.1 Å². The predicted molar refractivity (Wildman–Crippen MR) is 57.2 cm³/mol. The van der Waals surface area contributed by atoms with E-state index in [1.807, 2.05) is 22.6 Å². The van der Waals surface area contributed by atoms with Gasteiger partial charge in [0.2, 0.25) is 0 Å². The first kappa shape index (κ1) is 12.3. The summed E-state index contributed by atoms with van der Waals surface area (Å²) in [5.41, 5.74) is -0.686. The normalized spacial score (nSPS) is 10.7. The molecule has 4 nitrogen and oxygen atoms in total. The van der Waals surface area contributed by atoms with E-state index in [4.69, 9.17) is 0 Å². The minimum Gasteiger partial charge on any atom is -0.462 e. The maximum absolute atomic E-state index is 12.5. The van der Waals surface area contributed by atoms with Gasteiger partial charge >= 0.3 is 5.97 Å². The van der Waals surface area contributed by atoms with Crippen LogP contribution in [0, 0.1) is 0 Å². The number of hydrogen-bond donors (Lipinski definition) is 0. The van der Waals surface area contributed by atoms with Gasteiger partial charge in [-0.15, -0.1) is 0 Å². The van der Waals surface area contributed by atoms with Crippen molar-refractivity contribution < 1.29 is 18.3 Å². The van der Waals surface area contributed by atoms with Gasteiger partial charge in [-0.25, -0.2) is 13.6 Å². The van der Waals surface area contributed by atoms with Crippen LogP contribution >= 0.6 is 22.6 Å². The third kappa shape index (κ3) is 2.86. The molecule has 1 rings (SSSR count). The highest BCUT2D eigenvalue weighted by molar-refractivity contribution is 14.1. The fourth-order valence-corrected chi connectivity index (χ4v) is 1.37. The molecule has 0 bridgehead atoms. The lowest BCUT2D eigenvalue weighted by Crippen LogP contribution is -2.06. The number of hydrogen-bond acceptors (Lipinski definition) is 3. The third-order valence-corrected chi connectivity index (χ3v) is 2.31. The Kier molecular flexibility index (Phi) is 4.43. The molecule has 0 aliphatic carbocycles. The van der Waals surface area contributed by atoms with Gasteiger partial charge in [0, 0.05) is 6.20 Å². The molecule has 0 fully saturated rings. The lowest BCUT2D eigenvalue weighted by atomic mass is 10.2. The van der Waals surface area contributed by atoms with Crippen molar-refractivity contribution in [3.05, 3.63) is 17.5 Å². The quantitative estimate of drug-likeness (QED) is 0.484.